The van der Waals surface area contributed by atoms with Crippen molar-refractivity contribution >= 4 is 0 Å². The number of aromatic nitrogens is 2. The second-order valence-corrected chi connectivity index (χ2v) is 7.71. The quantitative estimate of drug-likeness (QED) is 0.659. The van der Waals surface area contributed by atoms with Crippen molar-refractivity contribution in [3.8, 4) is 17.4 Å². The number of nitrogens with zero attached hydrogens (tertiary/aromatic N) is 3. The van der Waals surface area contributed by atoms with E-state index in [1.165, 1.54) is 19.1 Å². The van der Waals surface area contributed by atoms with E-state index in [1.54, 1.807) is 0 Å². The van der Waals surface area contributed by atoms with Crippen LogP contribution >= 0.6 is 0 Å². The summed E-state index contributed by atoms with van der Waals surface area (Å²) in [6, 6.07) is 3.43. The first-order valence-corrected chi connectivity index (χ1v) is 10.1. The van der Waals surface area contributed by atoms with Crippen LogP contribution in [0.5, 0.6) is 17.4 Å². The van der Waals surface area contributed by atoms with Crippen LogP contribution in [-0.2, 0) is 6.18 Å². The van der Waals surface area contributed by atoms with Crippen molar-refractivity contribution in [3.05, 3.63) is 41.1 Å². The van der Waals surface area contributed by atoms with E-state index in [0.29, 0.717) is 50.8 Å². The Morgan fingerprint density at radius 2 is 1.81 bits per heavy atom. The molecule has 4 heterocycles. The molecule has 31 heavy (non-hydrogen) atoms. The van der Waals surface area contributed by atoms with Crippen LogP contribution in [0.25, 0.3) is 0 Å². The summed E-state index contributed by atoms with van der Waals surface area (Å²) in [6.07, 6.45) is -3.56. The van der Waals surface area contributed by atoms with Crippen molar-refractivity contribution in [2.45, 2.75) is 45.0 Å². The smallest absolute Gasteiger partial charge is 0.433 e. The van der Waals surface area contributed by atoms with Gasteiger partial charge in [0.15, 0.2) is 5.75 Å². The van der Waals surface area contributed by atoms with E-state index in [-0.39, 0.29) is 29.3 Å². The molecule has 10 heteroatoms. The molecular weight excluding hydrogens is 418 g/mol. The average molecular weight is 441 g/mol. The number of hydrogen-bond acceptors (Lipinski definition) is 6. The Labute approximate surface area is 177 Å². The molecule has 6 nitrogen and oxygen atoms in total. The van der Waals surface area contributed by atoms with Gasteiger partial charge in [-0.25, -0.2) is 14.4 Å². The minimum Gasteiger partial charge on any atom is -0.490 e. The van der Waals surface area contributed by atoms with Crippen molar-refractivity contribution in [1.29, 1.82) is 0 Å². The molecule has 2 aromatic heterocycles. The van der Waals surface area contributed by atoms with Crippen LogP contribution in [-0.4, -0.2) is 47.3 Å². The van der Waals surface area contributed by atoms with E-state index in [0.717, 1.165) is 6.07 Å². The lowest BCUT2D eigenvalue weighted by atomic mass is 10.0. The molecule has 1 unspecified atom stereocenters. The third kappa shape index (κ3) is 4.84. The summed E-state index contributed by atoms with van der Waals surface area (Å²) in [6.45, 7) is 5.28. The van der Waals surface area contributed by atoms with Gasteiger partial charge < -0.3 is 14.2 Å². The van der Waals surface area contributed by atoms with E-state index in [2.05, 4.69) is 14.9 Å². The molecule has 0 spiro atoms. The van der Waals surface area contributed by atoms with Crippen LogP contribution in [0.3, 0.4) is 0 Å². The Hall–Kier alpha value is -2.62. The third-order valence-corrected chi connectivity index (χ3v) is 5.46. The highest BCUT2D eigenvalue weighted by Gasteiger charge is 2.34. The molecule has 0 aliphatic carbocycles. The van der Waals surface area contributed by atoms with Crippen molar-refractivity contribution in [2.75, 3.05) is 26.3 Å². The second-order valence-electron chi connectivity index (χ2n) is 7.71. The zero-order valence-corrected chi connectivity index (χ0v) is 17.2. The average Bonchev–Trinajstić information content (AvgIpc) is 2.72. The van der Waals surface area contributed by atoms with Crippen molar-refractivity contribution in [2.24, 2.45) is 0 Å². The first-order valence-electron chi connectivity index (χ1n) is 10.1. The first kappa shape index (κ1) is 21.6. The Bertz CT molecular complexity index is 946. The molecule has 0 N–H and O–H groups in total. The summed E-state index contributed by atoms with van der Waals surface area (Å²) in [4.78, 5) is 9.91. The molecule has 2 aromatic rings. The predicted molar refractivity (Wildman–Crippen MR) is 103 cm³/mol. The molecular formula is C21H23F4N3O3. The largest absolute Gasteiger partial charge is 0.490 e. The van der Waals surface area contributed by atoms with Gasteiger partial charge in [-0.15, -0.1) is 0 Å². The maximum atomic E-state index is 14.6. The number of alkyl halides is 3. The van der Waals surface area contributed by atoms with Gasteiger partial charge in [0, 0.05) is 37.0 Å². The topological polar surface area (TPSA) is 56.7 Å². The number of pyridine rings is 2. The van der Waals surface area contributed by atoms with E-state index >= 15 is 0 Å². The van der Waals surface area contributed by atoms with E-state index in [4.69, 9.17) is 14.2 Å². The Kier molecular flexibility index (Phi) is 5.92. The summed E-state index contributed by atoms with van der Waals surface area (Å²) in [5.41, 5.74) is -0.437. The highest BCUT2D eigenvalue weighted by atomic mass is 19.4. The molecule has 1 fully saturated rings. The number of ether oxygens (including phenoxy) is 3. The molecule has 0 bridgehead atoms. The monoisotopic (exact) mass is 441 g/mol. The van der Waals surface area contributed by atoms with Crippen LogP contribution in [0.1, 0.15) is 42.9 Å². The number of halogens is 4. The lowest BCUT2D eigenvalue weighted by molar-refractivity contribution is -0.141. The van der Waals surface area contributed by atoms with Gasteiger partial charge >= 0.3 is 6.18 Å². The molecule has 1 saturated heterocycles. The first-order chi connectivity index (χ1) is 14.7. The Morgan fingerprint density at radius 3 is 2.52 bits per heavy atom. The van der Waals surface area contributed by atoms with Crippen LogP contribution < -0.4 is 14.2 Å². The highest BCUT2D eigenvalue weighted by Crippen LogP contribution is 2.35. The lowest BCUT2D eigenvalue weighted by Crippen LogP contribution is -2.40. The van der Waals surface area contributed by atoms with Gasteiger partial charge in [0.1, 0.15) is 36.6 Å². The predicted octanol–water partition coefficient (Wildman–Crippen LogP) is 4.32. The summed E-state index contributed by atoms with van der Waals surface area (Å²) in [5.74, 6) is 0.298. The SMILES string of the molecule is Cc1cc(OC2CCN(C(C)c3nc4c(cc3F)OCCO4)CC2)cc(C(F)(F)F)n1. The number of likely N-dealkylation sites (tertiary alicyclic amines) is 1. The molecule has 4 rings (SSSR count). The van der Waals surface area contributed by atoms with Crippen LogP contribution in [0, 0.1) is 12.7 Å². The Balaban J connectivity index is 1.40. The number of aryl methyl sites for hydroxylation is 1. The third-order valence-electron chi connectivity index (χ3n) is 5.46. The normalized spacial score (nSPS) is 18.6. The van der Waals surface area contributed by atoms with E-state index in [9.17, 15) is 17.6 Å². The number of fused-ring (bicyclic) bond motifs is 1. The van der Waals surface area contributed by atoms with Crippen LogP contribution in [0.15, 0.2) is 18.2 Å². The van der Waals surface area contributed by atoms with Gasteiger partial charge in [-0.2, -0.15) is 13.2 Å². The van der Waals surface area contributed by atoms with E-state index in [1.807, 2.05) is 6.92 Å². The van der Waals surface area contributed by atoms with Crippen LogP contribution in [0.2, 0.25) is 0 Å². The number of rotatable bonds is 4. The van der Waals surface area contributed by atoms with Crippen molar-refractivity contribution < 1.29 is 31.8 Å². The van der Waals surface area contributed by atoms with Gasteiger partial charge in [0.25, 0.3) is 5.88 Å². The van der Waals surface area contributed by atoms with E-state index < -0.39 is 17.7 Å². The molecule has 0 saturated carbocycles. The van der Waals surface area contributed by atoms with Gasteiger partial charge in [-0.3, -0.25) is 4.90 Å². The zero-order valence-electron chi connectivity index (χ0n) is 17.2. The summed E-state index contributed by atoms with van der Waals surface area (Å²) >= 11 is 0. The summed E-state index contributed by atoms with van der Waals surface area (Å²) in [7, 11) is 0. The molecule has 0 radical (unpaired) electrons. The fourth-order valence-electron chi connectivity index (χ4n) is 3.85. The fraction of sp³-hybridized carbons (Fsp3) is 0.524. The zero-order chi connectivity index (χ0) is 22.2. The highest BCUT2D eigenvalue weighted by molar-refractivity contribution is 5.37. The summed E-state index contributed by atoms with van der Waals surface area (Å²) in [5, 5.41) is 0. The number of piperidine rings is 1. The van der Waals surface area contributed by atoms with Gasteiger partial charge in [-0.1, -0.05) is 0 Å². The van der Waals surface area contributed by atoms with Crippen LogP contribution in [0.4, 0.5) is 17.6 Å². The minimum atomic E-state index is -4.52. The van der Waals surface area contributed by atoms with Crippen molar-refractivity contribution in [1.82, 2.24) is 14.9 Å². The number of hydrogen-bond donors (Lipinski definition) is 0. The lowest BCUT2D eigenvalue weighted by Gasteiger charge is -2.36. The summed E-state index contributed by atoms with van der Waals surface area (Å²) < 4.78 is 70.2. The minimum absolute atomic E-state index is 0.158. The van der Waals surface area contributed by atoms with Gasteiger partial charge in [0.05, 0.1) is 11.7 Å². The molecule has 2 aliphatic rings. The fourth-order valence-corrected chi connectivity index (χ4v) is 3.85. The maximum Gasteiger partial charge on any atom is 0.433 e. The molecule has 0 amide bonds. The standard InChI is InChI=1S/C21H23F4N3O3/c1-12-9-15(10-18(26-12)21(23,24)25)31-14-3-5-28(6-4-14)13(2)19-16(22)11-17-20(27-19)30-8-7-29-17/h9-11,13-14H,3-8H2,1-2H3. The second kappa shape index (κ2) is 8.49. The van der Waals surface area contributed by atoms with Crippen molar-refractivity contribution in [3.63, 3.8) is 0 Å². The maximum absolute atomic E-state index is 14.6. The molecule has 0 aromatic carbocycles. The Morgan fingerprint density at radius 1 is 1.10 bits per heavy atom. The molecule has 1 atom stereocenters. The van der Waals surface area contributed by atoms with Gasteiger partial charge in [-0.05, 0) is 26.7 Å². The van der Waals surface area contributed by atoms with Gasteiger partial charge in [0.2, 0.25) is 0 Å². The molecule has 2 aliphatic heterocycles. The molecule has 168 valence electrons.